The van der Waals surface area contributed by atoms with Crippen molar-refractivity contribution in [3.63, 3.8) is 0 Å². The summed E-state index contributed by atoms with van der Waals surface area (Å²) >= 11 is 6.14. The van der Waals surface area contributed by atoms with Gasteiger partial charge in [-0.15, -0.1) is 13.2 Å². The van der Waals surface area contributed by atoms with Gasteiger partial charge in [0.05, 0.1) is 17.4 Å². The first kappa shape index (κ1) is 31.0. The highest BCUT2D eigenvalue weighted by atomic mass is 35.5. The number of carbonyl (C=O) groups excluding carboxylic acids is 3. The normalized spacial score (nSPS) is 28.9. The molecular formula is C34H40ClN3O5. The molecule has 228 valence electrons. The molecule has 2 aromatic rings. The zero-order valence-corrected chi connectivity index (χ0v) is 25.6. The number of rotatable bonds is 12. The zero-order chi connectivity index (χ0) is 30.9. The summed E-state index contributed by atoms with van der Waals surface area (Å²) in [6, 6.07) is 15.7. The molecule has 3 amide bonds. The molecule has 3 aliphatic heterocycles. The molecule has 5 rings (SSSR count). The van der Waals surface area contributed by atoms with E-state index in [1.54, 1.807) is 51.1 Å². The van der Waals surface area contributed by atoms with Crippen molar-refractivity contribution in [1.29, 1.82) is 0 Å². The van der Waals surface area contributed by atoms with Gasteiger partial charge in [0, 0.05) is 43.5 Å². The number of hydrogen-bond donors (Lipinski definition) is 1. The van der Waals surface area contributed by atoms with Crippen LogP contribution < -0.4 is 4.90 Å². The van der Waals surface area contributed by atoms with Crippen LogP contribution in [0.5, 0.6) is 0 Å². The number of carbonyl (C=O) groups is 3. The Morgan fingerprint density at radius 1 is 1.09 bits per heavy atom. The van der Waals surface area contributed by atoms with Crippen LogP contribution >= 0.6 is 11.6 Å². The Labute approximate surface area is 258 Å². The topological polar surface area (TPSA) is 90.4 Å². The van der Waals surface area contributed by atoms with Gasteiger partial charge >= 0.3 is 0 Å². The van der Waals surface area contributed by atoms with E-state index < -0.39 is 29.1 Å². The van der Waals surface area contributed by atoms with Crippen molar-refractivity contribution < 1.29 is 24.2 Å². The monoisotopic (exact) mass is 605 g/mol. The van der Waals surface area contributed by atoms with Gasteiger partial charge < -0.3 is 24.5 Å². The van der Waals surface area contributed by atoms with Gasteiger partial charge in [-0.3, -0.25) is 14.4 Å². The molecule has 8 nitrogen and oxygen atoms in total. The molecule has 43 heavy (non-hydrogen) atoms. The second-order valence-corrected chi connectivity index (χ2v) is 12.5. The first-order chi connectivity index (χ1) is 20.6. The molecule has 3 heterocycles. The maximum absolute atomic E-state index is 14.6. The molecule has 0 radical (unpaired) electrons. The Balaban J connectivity index is 1.58. The molecule has 9 heteroatoms. The SMILES string of the molecule is C=CCN(Cc1ccccc1)C(=O)[C@H]1[C@H]2C(=O)N(CCCO)C(C(=O)N(CC=C)c3ccc(Cl)cc3)C23CC(C)[C@]1(C)O3. The molecule has 3 saturated heterocycles. The third-order valence-corrected chi connectivity index (χ3v) is 9.72. The van der Waals surface area contributed by atoms with Crippen LogP contribution in [0.4, 0.5) is 5.69 Å². The van der Waals surface area contributed by atoms with E-state index >= 15 is 0 Å². The Bertz CT molecular complexity index is 1380. The van der Waals surface area contributed by atoms with Gasteiger partial charge in [0.25, 0.3) is 5.91 Å². The molecule has 0 aliphatic carbocycles. The number of benzene rings is 2. The van der Waals surface area contributed by atoms with Crippen LogP contribution in [0.25, 0.3) is 0 Å². The first-order valence-electron chi connectivity index (χ1n) is 14.9. The summed E-state index contributed by atoms with van der Waals surface area (Å²) in [5.74, 6) is -2.50. The number of hydrogen-bond acceptors (Lipinski definition) is 5. The van der Waals surface area contributed by atoms with E-state index in [-0.39, 0.29) is 43.3 Å². The van der Waals surface area contributed by atoms with Crippen molar-refractivity contribution in [2.24, 2.45) is 17.8 Å². The standard InChI is InChI=1S/C34H40ClN3O5/c1-5-17-36(22-24-11-8-7-9-12-24)30(40)27-28-31(41)38(19-10-20-39)29(34(28)21-23(3)33(27,4)43-34)32(42)37(18-6-2)26-15-13-25(35)14-16-26/h5-9,11-16,23,27-29,39H,1-2,10,17-22H2,3-4H3/t23?,27-,28+,29?,33+,34?/m1/s1. The number of halogens is 1. The van der Waals surface area contributed by atoms with E-state index in [1.807, 2.05) is 44.2 Å². The minimum atomic E-state index is -1.20. The minimum absolute atomic E-state index is 0.0933. The number of aliphatic hydroxyl groups excluding tert-OH is 1. The molecule has 1 N–H and O–H groups in total. The summed E-state index contributed by atoms with van der Waals surface area (Å²) in [5.41, 5.74) is -0.564. The van der Waals surface area contributed by atoms with Crippen molar-refractivity contribution in [1.82, 2.24) is 9.80 Å². The van der Waals surface area contributed by atoms with Crippen LogP contribution in [0.3, 0.4) is 0 Å². The molecule has 3 unspecified atom stereocenters. The minimum Gasteiger partial charge on any atom is -0.396 e. The predicted molar refractivity (Wildman–Crippen MR) is 166 cm³/mol. The van der Waals surface area contributed by atoms with Crippen LogP contribution in [-0.2, 0) is 25.7 Å². The van der Waals surface area contributed by atoms with Crippen molar-refractivity contribution >= 4 is 35.0 Å². The summed E-state index contributed by atoms with van der Waals surface area (Å²) in [6.45, 7) is 12.6. The Kier molecular flexibility index (Phi) is 8.84. The molecule has 0 saturated carbocycles. The van der Waals surface area contributed by atoms with Gasteiger partial charge in [0.15, 0.2) is 0 Å². The average Bonchev–Trinajstić information content (AvgIpc) is 3.51. The fourth-order valence-electron chi connectivity index (χ4n) is 7.48. The van der Waals surface area contributed by atoms with Crippen molar-refractivity contribution in [2.45, 2.75) is 50.5 Å². The summed E-state index contributed by atoms with van der Waals surface area (Å²) in [7, 11) is 0. The van der Waals surface area contributed by atoms with Crippen molar-refractivity contribution in [3.05, 3.63) is 90.5 Å². The lowest BCUT2D eigenvalue weighted by molar-refractivity contribution is -0.151. The molecule has 3 aliphatic rings. The lowest BCUT2D eigenvalue weighted by Gasteiger charge is -2.39. The molecule has 1 spiro atoms. The van der Waals surface area contributed by atoms with E-state index in [0.717, 1.165) is 5.56 Å². The molecule has 6 atom stereocenters. The largest absolute Gasteiger partial charge is 0.396 e. The molecule has 2 aromatic carbocycles. The van der Waals surface area contributed by atoms with Gasteiger partial charge in [-0.1, -0.05) is 61.0 Å². The smallest absolute Gasteiger partial charge is 0.253 e. The number of nitrogens with zero attached hydrogens (tertiary/aromatic N) is 3. The van der Waals surface area contributed by atoms with Crippen LogP contribution in [0.2, 0.25) is 5.02 Å². The van der Waals surface area contributed by atoms with E-state index in [0.29, 0.717) is 36.6 Å². The van der Waals surface area contributed by atoms with E-state index in [9.17, 15) is 19.5 Å². The highest BCUT2D eigenvalue weighted by molar-refractivity contribution is 6.30. The summed E-state index contributed by atoms with van der Waals surface area (Å²) in [4.78, 5) is 48.4. The third kappa shape index (κ3) is 5.19. The summed E-state index contributed by atoms with van der Waals surface area (Å²) in [5, 5.41) is 10.2. The lowest BCUT2D eigenvalue weighted by Crippen LogP contribution is -2.57. The quantitative estimate of drug-likeness (QED) is 0.361. The maximum Gasteiger partial charge on any atom is 0.253 e. The summed E-state index contributed by atoms with van der Waals surface area (Å²) in [6.07, 6.45) is 4.07. The highest BCUT2D eigenvalue weighted by Gasteiger charge is 2.80. The van der Waals surface area contributed by atoms with Gasteiger partial charge in [-0.25, -0.2) is 0 Å². The highest BCUT2D eigenvalue weighted by Crippen LogP contribution is 2.65. The predicted octanol–water partition coefficient (Wildman–Crippen LogP) is 4.47. The van der Waals surface area contributed by atoms with Crippen LogP contribution in [0.15, 0.2) is 79.9 Å². The molecule has 0 aromatic heterocycles. The number of ether oxygens (including phenoxy) is 1. The second kappa shape index (κ2) is 12.3. The Morgan fingerprint density at radius 2 is 1.77 bits per heavy atom. The third-order valence-electron chi connectivity index (χ3n) is 9.47. The molecule has 2 bridgehead atoms. The Morgan fingerprint density at radius 3 is 2.40 bits per heavy atom. The number of aliphatic hydroxyl groups is 1. The molecular weight excluding hydrogens is 566 g/mol. The number of likely N-dealkylation sites (tertiary alicyclic amines) is 1. The fraction of sp³-hybridized carbons (Fsp3) is 0.441. The summed E-state index contributed by atoms with van der Waals surface area (Å²) < 4.78 is 6.90. The number of amides is 3. The van der Waals surface area contributed by atoms with Crippen molar-refractivity contribution in [3.8, 4) is 0 Å². The number of fused-ring (bicyclic) bond motifs is 1. The molecule has 3 fully saturated rings. The maximum atomic E-state index is 14.6. The van der Waals surface area contributed by atoms with E-state index in [2.05, 4.69) is 13.2 Å². The first-order valence-corrected chi connectivity index (χ1v) is 15.2. The second-order valence-electron chi connectivity index (χ2n) is 12.0. The van der Waals surface area contributed by atoms with E-state index in [4.69, 9.17) is 16.3 Å². The van der Waals surface area contributed by atoms with Crippen LogP contribution in [0, 0.1) is 17.8 Å². The van der Waals surface area contributed by atoms with Crippen LogP contribution in [0.1, 0.15) is 32.3 Å². The number of anilines is 1. The van der Waals surface area contributed by atoms with Gasteiger partial charge in [-0.2, -0.15) is 0 Å². The van der Waals surface area contributed by atoms with Crippen LogP contribution in [-0.4, -0.2) is 76.1 Å². The van der Waals surface area contributed by atoms with Gasteiger partial charge in [0.1, 0.15) is 11.6 Å². The van der Waals surface area contributed by atoms with Gasteiger partial charge in [0.2, 0.25) is 11.8 Å². The fourth-order valence-corrected chi connectivity index (χ4v) is 7.61. The zero-order valence-electron chi connectivity index (χ0n) is 24.8. The average molecular weight is 606 g/mol. The van der Waals surface area contributed by atoms with E-state index in [1.165, 1.54) is 0 Å². The van der Waals surface area contributed by atoms with Crippen molar-refractivity contribution in [2.75, 3.05) is 31.1 Å². The Hall–Kier alpha value is -3.46. The lowest BCUT2D eigenvalue weighted by atomic mass is 9.62. The van der Waals surface area contributed by atoms with Gasteiger partial charge in [-0.05, 0) is 55.5 Å².